The molecule has 0 saturated carbocycles. The third-order valence-electron chi connectivity index (χ3n) is 4.60. The summed E-state index contributed by atoms with van der Waals surface area (Å²) in [5.74, 6) is 0.0128. The standard InChI is InChI=1S/C15H21NO4S2/c1-2-16(14-8-9-21(17,18)11-14)22(19,20)15-7-6-12-4-3-5-13(12)10-15/h6-7,10,14H,2-5,8-9,11H2,1H3/t14-/m1/s1. The molecule has 122 valence electrons. The van der Waals surface area contributed by atoms with Crippen molar-refractivity contribution in [2.75, 3.05) is 18.1 Å². The van der Waals surface area contributed by atoms with Crippen molar-refractivity contribution in [1.82, 2.24) is 4.31 Å². The van der Waals surface area contributed by atoms with Crippen LogP contribution in [0.5, 0.6) is 0 Å². The van der Waals surface area contributed by atoms with Gasteiger partial charge in [-0.2, -0.15) is 4.31 Å². The minimum absolute atomic E-state index is 0.0645. The molecular weight excluding hydrogens is 322 g/mol. The number of hydrogen-bond acceptors (Lipinski definition) is 4. The van der Waals surface area contributed by atoms with Crippen molar-refractivity contribution in [3.63, 3.8) is 0 Å². The lowest BCUT2D eigenvalue weighted by Crippen LogP contribution is -2.40. The summed E-state index contributed by atoms with van der Waals surface area (Å²) in [5.41, 5.74) is 2.33. The van der Waals surface area contributed by atoms with Gasteiger partial charge in [-0.3, -0.25) is 0 Å². The van der Waals surface area contributed by atoms with Gasteiger partial charge in [-0.1, -0.05) is 13.0 Å². The van der Waals surface area contributed by atoms with Crippen molar-refractivity contribution in [2.45, 2.75) is 43.5 Å². The van der Waals surface area contributed by atoms with Crippen molar-refractivity contribution in [3.05, 3.63) is 29.3 Å². The Labute approximate surface area is 132 Å². The molecule has 0 spiro atoms. The summed E-state index contributed by atoms with van der Waals surface area (Å²) in [4.78, 5) is 0.291. The molecule has 1 aliphatic heterocycles. The summed E-state index contributed by atoms with van der Waals surface area (Å²) in [5, 5.41) is 0. The first-order valence-corrected chi connectivity index (χ1v) is 10.9. The number of sulfone groups is 1. The van der Waals surface area contributed by atoms with E-state index in [9.17, 15) is 16.8 Å². The van der Waals surface area contributed by atoms with E-state index in [0.717, 1.165) is 24.8 Å². The fourth-order valence-corrected chi connectivity index (χ4v) is 7.01. The van der Waals surface area contributed by atoms with Crippen LogP contribution in [0.2, 0.25) is 0 Å². The van der Waals surface area contributed by atoms with E-state index in [1.165, 1.54) is 9.87 Å². The van der Waals surface area contributed by atoms with E-state index >= 15 is 0 Å². The first kappa shape index (κ1) is 16.0. The number of hydrogen-bond donors (Lipinski definition) is 0. The van der Waals surface area contributed by atoms with Crippen LogP contribution in [0.15, 0.2) is 23.1 Å². The normalized spacial score (nSPS) is 23.8. The third-order valence-corrected chi connectivity index (χ3v) is 8.38. The minimum Gasteiger partial charge on any atom is -0.229 e. The van der Waals surface area contributed by atoms with Crippen LogP contribution in [0, 0.1) is 0 Å². The van der Waals surface area contributed by atoms with Gasteiger partial charge >= 0.3 is 0 Å². The highest BCUT2D eigenvalue weighted by atomic mass is 32.2. The molecule has 1 aliphatic carbocycles. The summed E-state index contributed by atoms with van der Waals surface area (Å²) in [6.07, 6.45) is 3.38. The van der Waals surface area contributed by atoms with Crippen molar-refractivity contribution < 1.29 is 16.8 Å². The fourth-order valence-electron chi connectivity index (χ4n) is 3.47. The van der Waals surface area contributed by atoms with E-state index in [0.29, 0.717) is 17.9 Å². The lowest BCUT2D eigenvalue weighted by atomic mass is 10.1. The van der Waals surface area contributed by atoms with Crippen molar-refractivity contribution in [1.29, 1.82) is 0 Å². The van der Waals surface area contributed by atoms with Gasteiger partial charge in [0.25, 0.3) is 0 Å². The Morgan fingerprint density at radius 1 is 1.23 bits per heavy atom. The van der Waals surface area contributed by atoms with Crippen molar-refractivity contribution >= 4 is 19.9 Å². The molecule has 1 atom stereocenters. The van der Waals surface area contributed by atoms with E-state index in [4.69, 9.17) is 0 Å². The maximum absolute atomic E-state index is 12.9. The highest BCUT2D eigenvalue weighted by Gasteiger charge is 2.38. The van der Waals surface area contributed by atoms with Gasteiger partial charge < -0.3 is 0 Å². The van der Waals surface area contributed by atoms with Gasteiger partial charge in [-0.15, -0.1) is 0 Å². The summed E-state index contributed by atoms with van der Waals surface area (Å²) < 4.78 is 50.5. The molecular formula is C15H21NO4S2. The molecule has 3 rings (SSSR count). The molecule has 2 aliphatic rings. The molecule has 0 aromatic heterocycles. The molecule has 1 aromatic carbocycles. The Hall–Kier alpha value is -0.920. The monoisotopic (exact) mass is 343 g/mol. The first-order valence-electron chi connectivity index (χ1n) is 7.67. The topological polar surface area (TPSA) is 71.5 Å². The molecule has 0 radical (unpaired) electrons. The molecule has 1 aromatic rings. The Kier molecular flexibility index (Phi) is 4.07. The molecule has 1 saturated heterocycles. The van der Waals surface area contributed by atoms with Crippen LogP contribution >= 0.6 is 0 Å². The third kappa shape index (κ3) is 2.81. The molecule has 7 heteroatoms. The second kappa shape index (κ2) is 5.62. The highest BCUT2D eigenvalue weighted by molar-refractivity contribution is 7.92. The average Bonchev–Trinajstić information content (AvgIpc) is 3.04. The number of benzene rings is 1. The molecule has 1 heterocycles. The highest BCUT2D eigenvalue weighted by Crippen LogP contribution is 2.29. The lowest BCUT2D eigenvalue weighted by molar-refractivity contribution is 0.354. The van der Waals surface area contributed by atoms with Crippen LogP contribution in [0.4, 0.5) is 0 Å². The van der Waals surface area contributed by atoms with Gasteiger partial charge in [0, 0.05) is 12.6 Å². The maximum atomic E-state index is 12.9. The minimum atomic E-state index is -3.64. The zero-order valence-corrected chi connectivity index (χ0v) is 14.3. The molecule has 0 bridgehead atoms. The van der Waals surface area contributed by atoms with E-state index in [2.05, 4.69) is 0 Å². The first-order chi connectivity index (χ1) is 10.3. The summed E-state index contributed by atoms with van der Waals surface area (Å²) in [7, 11) is -6.75. The predicted octanol–water partition coefficient (Wildman–Crippen LogP) is 1.37. The largest absolute Gasteiger partial charge is 0.243 e. The van der Waals surface area contributed by atoms with Crippen LogP contribution in [-0.4, -0.2) is 45.2 Å². The smallest absolute Gasteiger partial charge is 0.229 e. The molecule has 0 unspecified atom stereocenters. The number of aryl methyl sites for hydroxylation is 2. The Morgan fingerprint density at radius 2 is 1.95 bits per heavy atom. The van der Waals surface area contributed by atoms with Gasteiger partial charge in [0.1, 0.15) is 0 Å². The van der Waals surface area contributed by atoms with Crippen LogP contribution in [0.3, 0.4) is 0 Å². The van der Waals surface area contributed by atoms with Gasteiger partial charge in [0.05, 0.1) is 16.4 Å². The summed E-state index contributed by atoms with van der Waals surface area (Å²) in [6.45, 7) is 2.05. The van der Waals surface area contributed by atoms with Crippen molar-refractivity contribution in [3.8, 4) is 0 Å². The Balaban J connectivity index is 1.94. The summed E-state index contributed by atoms with van der Waals surface area (Å²) in [6, 6.07) is 4.89. The maximum Gasteiger partial charge on any atom is 0.243 e. The van der Waals surface area contributed by atoms with Crippen LogP contribution in [0.1, 0.15) is 30.9 Å². The quantitative estimate of drug-likeness (QED) is 0.828. The van der Waals surface area contributed by atoms with Gasteiger partial charge in [0.2, 0.25) is 10.0 Å². The van der Waals surface area contributed by atoms with E-state index in [-0.39, 0.29) is 11.5 Å². The second-order valence-electron chi connectivity index (χ2n) is 6.05. The zero-order valence-electron chi connectivity index (χ0n) is 12.7. The number of nitrogens with zero attached hydrogens (tertiary/aromatic N) is 1. The second-order valence-corrected chi connectivity index (χ2v) is 10.2. The van der Waals surface area contributed by atoms with Crippen LogP contribution in [0.25, 0.3) is 0 Å². The average molecular weight is 343 g/mol. The molecule has 22 heavy (non-hydrogen) atoms. The predicted molar refractivity (Wildman–Crippen MR) is 85.1 cm³/mol. The van der Waals surface area contributed by atoms with E-state index in [1.807, 2.05) is 6.07 Å². The molecule has 1 fully saturated rings. The van der Waals surface area contributed by atoms with Gasteiger partial charge in [-0.05, 0) is 48.9 Å². The van der Waals surface area contributed by atoms with Crippen LogP contribution < -0.4 is 0 Å². The summed E-state index contributed by atoms with van der Waals surface area (Å²) >= 11 is 0. The molecule has 0 N–H and O–H groups in total. The lowest BCUT2D eigenvalue weighted by Gasteiger charge is -2.26. The zero-order chi connectivity index (χ0) is 16.0. The SMILES string of the molecule is CCN([C@@H]1CCS(=O)(=O)C1)S(=O)(=O)c1ccc2c(c1)CCC2. The van der Waals surface area contributed by atoms with E-state index < -0.39 is 25.9 Å². The molecule has 0 amide bonds. The Bertz CT molecular complexity index is 784. The van der Waals surface area contributed by atoms with E-state index in [1.54, 1.807) is 19.1 Å². The number of fused-ring (bicyclic) bond motifs is 1. The fraction of sp³-hybridized carbons (Fsp3) is 0.600. The Morgan fingerprint density at radius 3 is 2.59 bits per heavy atom. The van der Waals surface area contributed by atoms with Crippen molar-refractivity contribution in [2.24, 2.45) is 0 Å². The van der Waals surface area contributed by atoms with Crippen LogP contribution in [-0.2, 0) is 32.7 Å². The number of rotatable bonds is 4. The molecule has 5 nitrogen and oxygen atoms in total. The van der Waals surface area contributed by atoms with Gasteiger partial charge in [0.15, 0.2) is 9.84 Å². The van der Waals surface area contributed by atoms with Gasteiger partial charge in [-0.25, -0.2) is 16.8 Å². The number of sulfonamides is 1.